The predicted molar refractivity (Wildman–Crippen MR) is 104 cm³/mol. The maximum Gasteiger partial charge on any atom is 0.191 e. The van der Waals surface area contributed by atoms with Crippen LogP contribution in [0.1, 0.15) is 37.3 Å². The van der Waals surface area contributed by atoms with Crippen LogP contribution in [0, 0.1) is 5.41 Å². The molecule has 6 nitrogen and oxygen atoms in total. The van der Waals surface area contributed by atoms with E-state index < -0.39 is 0 Å². The zero-order valence-electron chi connectivity index (χ0n) is 16.1. The maximum atomic E-state index is 9.34. The first-order chi connectivity index (χ1) is 12.7. The van der Waals surface area contributed by atoms with E-state index in [1.165, 1.54) is 11.1 Å². The summed E-state index contributed by atoms with van der Waals surface area (Å²) < 4.78 is 11.2. The van der Waals surface area contributed by atoms with Crippen molar-refractivity contribution in [2.24, 2.45) is 10.4 Å². The lowest BCUT2D eigenvalue weighted by Crippen LogP contribution is -2.44. The van der Waals surface area contributed by atoms with Crippen LogP contribution in [0.4, 0.5) is 0 Å². The summed E-state index contributed by atoms with van der Waals surface area (Å²) in [6.07, 6.45) is 2.74. The first-order valence-electron chi connectivity index (χ1n) is 9.50. The molecule has 0 saturated carbocycles. The van der Waals surface area contributed by atoms with Gasteiger partial charge in [-0.1, -0.05) is 31.2 Å². The normalized spacial score (nSPS) is 20.3. The Kier molecular flexibility index (Phi) is 8.88. The molecule has 1 heterocycles. The van der Waals surface area contributed by atoms with E-state index in [0.29, 0.717) is 19.8 Å². The van der Waals surface area contributed by atoms with Gasteiger partial charge in [0.1, 0.15) is 0 Å². The van der Waals surface area contributed by atoms with Gasteiger partial charge in [-0.05, 0) is 30.4 Å². The smallest absolute Gasteiger partial charge is 0.191 e. The summed E-state index contributed by atoms with van der Waals surface area (Å²) in [7, 11) is 1.77. The molecule has 0 spiro atoms. The second kappa shape index (κ2) is 11.2. The molecule has 1 saturated heterocycles. The third-order valence-corrected chi connectivity index (χ3v) is 4.85. The molecule has 3 N–H and O–H groups in total. The fourth-order valence-corrected chi connectivity index (χ4v) is 3.18. The highest BCUT2D eigenvalue weighted by Gasteiger charge is 2.34. The highest BCUT2D eigenvalue weighted by Crippen LogP contribution is 2.31. The van der Waals surface area contributed by atoms with Gasteiger partial charge in [0.05, 0.1) is 13.2 Å². The first kappa shape index (κ1) is 20.7. The van der Waals surface area contributed by atoms with Crippen LogP contribution >= 0.6 is 0 Å². The standard InChI is InChI=1S/C20H33N3O3/c1-3-11-25-14-18-7-5-4-6-17(18)13-22-19(21-2)23-15-20(8-10-24)9-12-26-16-20/h4-7,24H,3,8-16H2,1-2H3,(H2,21,22,23). The zero-order valence-corrected chi connectivity index (χ0v) is 16.1. The maximum absolute atomic E-state index is 9.34. The second-order valence-corrected chi connectivity index (χ2v) is 6.88. The minimum Gasteiger partial charge on any atom is -0.396 e. The Balaban J connectivity index is 1.87. The Morgan fingerprint density at radius 1 is 1.31 bits per heavy atom. The van der Waals surface area contributed by atoms with Gasteiger partial charge < -0.3 is 25.2 Å². The van der Waals surface area contributed by atoms with Gasteiger partial charge in [0.2, 0.25) is 0 Å². The molecule has 1 aliphatic rings. The summed E-state index contributed by atoms with van der Waals surface area (Å²) in [5, 5.41) is 16.1. The van der Waals surface area contributed by atoms with E-state index >= 15 is 0 Å². The van der Waals surface area contributed by atoms with Crippen LogP contribution in [0.3, 0.4) is 0 Å². The Morgan fingerprint density at radius 2 is 2.12 bits per heavy atom. The number of aliphatic hydroxyl groups excluding tert-OH is 1. The minimum atomic E-state index is -0.00172. The molecule has 0 aromatic heterocycles. The molecular formula is C20H33N3O3. The first-order valence-corrected chi connectivity index (χ1v) is 9.50. The van der Waals surface area contributed by atoms with Crippen LogP contribution in [0.25, 0.3) is 0 Å². The molecular weight excluding hydrogens is 330 g/mol. The number of hydrogen-bond acceptors (Lipinski definition) is 4. The Labute approximate surface area is 157 Å². The topological polar surface area (TPSA) is 75.1 Å². The van der Waals surface area contributed by atoms with Gasteiger partial charge in [0, 0.05) is 45.4 Å². The van der Waals surface area contributed by atoms with E-state index in [2.05, 4.69) is 34.7 Å². The molecule has 0 bridgehead atoms. The van der Waals surface area contributed by atoms with Crippen LogP contribution in [-0.2, 0) is 22.6 Å². The monoisotopic (exact) mass is 363 g/mol. The predicted octanol–water partition coefficient (Wildman–Crippen LogP) is 2.07. The molecule has 1 aliphatic heterocycles. The van der Waals surface area contributed by atoms with Crippen molar-refractivity contribution in [1.82, 2.24) is 10.6 Å². The van der Waals surface area contributed by atoms with Gasteiger partial charge in [0.25, 0.3) is 0 Å². The Bertz CT molecular complexity index is 557. The number of ether oxygens (including phenoxy) is 2. The van der Waals surface area contributed by atoms with Crippen molar-refractivity contribution < 1.29 is 14.6 Å². The number of hydrogen-bond donors (Lipinski definition) is 3. The summed E-state index contributed by atoms with van der Waals surface area (Å²) in [6, 6.07) is 8.31. The third kappa shape index (κ3) is 6.27. The number of aliphatic imine (C=N–C) groups is 1. The summed E-state index contributed by atoms with van der Waals surface area (Å²) in [5.74, 6) is 0.762. The highest BCUT2D eigenvalue weighted by molar-refractivity contribution is 5.79. The van der Waals surface area contributed by atoms with Crippen molar-refractivity contribution >= 4 is 5.96 Å². The fourth-order valence-electron chi connectivity index (χ4n) is 3.18. The number of benzene rings is 1. The molecule has 6 heteroatoms. The van der Waals surface area contributed by atoms with E-state index in [1.807, 2.05) is 12.1 Å². The minimum absolute atomic E-state index is 0.00172. The quantitative estimate of drug-likeness (QED) is 0.337. The lowest BCUT2D eigenvalue weighted by Gasteiger charge is -2.27. The van der Waals surface area contributed by atoms with Gasteiger partial charge in [0.15, 0.2) is 5.96 Å². The molecule has 146 valence electrons. The van der Waals surface area contributed by atoms with Crippen molar-refractivity contribution in [2.75, 3.05) is 40.0 Å². The molecule has 1 aromatic rings. The summed E-state index contributed by atoms with van der Waals surface area (Å²) in [5.41, 5.74) is 2.41. The highest BCUT2D eigenvalue weighted by atomic mass is 16.5. The van der Waals surface area contributed by atoms with Gasteiger partial charge in [-0.25, -0.2) is 0 Å². The zero-order chi connectivity index (χ0) is 18.7. The third-order valence-electron chi connectivity index (χ3n) is 4.85. The van der Waals surface area contributed by atoms with E-state index in [-0.39, 0.29) is 12.0 Å². The Hall–Kier alpha value is -1.63. The number of nitrogens with one attached hydrogen (secondary N) is 2. The number of rotatable bonds is 10. The van der Waals surface area contributed by atoms with Crippen molar-refractivity contribution in [2.45, 2.75) is 39.3 Å². The molecule has 26 heavy (non-hydrogen) atoms. The van der Waals surface area contributed by atoms with Crippen LogP contribution in [0.5, 0.6) is 0 Å². The van der Waals surface area contributed by atoms with E-state index in [9.17, 15) is 5.11 Å². The average molecular weight is 364 g/mol. The van der Waals surface area contributed by atoms with Crippen molar-refractivity contribution in [3.8, 4) is 0 Å². The molecule has 0 aliphatic carbocycles. The van der Waals surface area contributed by atoms with Gasteiger partial charge >= 0.3 is 0 Å². The summed E-state index contributed by atoms with van der Waals surface area (Å²) in [6.45, 7) is 6.59. The van der Waals surface area contributed by atoms with Crippen molar-refractivity contribution in [3.05, 3.63) is 35.4 Å². The lowest BCUT2D eigenvalue weighted by molar-refractivity contribution is 0.121. The number of aliphatic hydroxyl groups is 1. The molecule has 0 amide bonds. The van der Waals surface area contributed by atoms with Crippen LogP contribution < -0.4 is 10.6 Å². The van der Waals surface area contributed by atoms with Gasteiger partial charge in [-0.15, -0.1) is 0 Å². The van der Waals surface area contributed by atoms with Crippen molar-refractivity contribution in [3.63, 3.8) is 0 Å². The molecule has 1 unspecified atom stereocenters. The second-order valence-electron chi connectivity index (χ2n) is 6.88. The van der Waals surface area contributed by atoms with E-state index in [1.54, 1.807) is 7.05 Å². The Morgan fingerprint density at radius 3 is 2.77 bits per heavy atom. The lowest BCUT2D eigenvalue weighted by atomic mass is 9.84. The number of guanidine groups is 1. The van der Waals surface area contributed by atoms with Crippen LogP contribution in [-0.4, -0.2) is 51.1 Å². The summed E-state index contributed by atoms with van der Waals surface area (Å²) in [4.78, 5) is 4.32. The van der Waals surface area contributed by atoms with E-state index in [4.69, 9.17) is 9.47 Å². The van der Waals surface area contributed by atoms with Crippen LogP contribution in [0.15, 0.2) is 29.3 Å². The largest absolute Gasteiger partial charge is 0.396 e. The van der Waals surface area contributed by atoms with E-state index in [0.717, 1.165) is 45.0 Å². The molecule has 2 rings (SSSR count). The number of nitrogens with zero attached hydrogens (tertiary/aromatic N) is 1. The molecule has 1 fully saturated rings. The fraction of sp³-hybridized carbons (Fsp3) is 0.650. The van der Waals surface area contributed by atoms with Gasteiger partial charge in [-0.3, -0.25) is 4.99 Å². The van der Waals surface area contributed by atoms with Gasteiger partial charge in [-0.2, -0.15) is 0 Å². The van der Waals surface area contributed by atoms with Crippen molar-refractivity contribution in [1.29, 1.82) is 0 Å². The SMILES string of the molecule is CCCOCc1ccccc1CNC(=NC)NCC1(CCO)CCOC1. The van der Waals surface area contributed by atoms with Crippen LogP contribution in [0.2, 0.25) is 0 Å². The molecule has 0 radical (unpaired) electrons. The summed E-state index contributed by atoms with van der Waals surface area (Å²) >= 11 is 0. The average Bonchev–Trinajstić information content (AvgIpc) is 3.12. The molecule has 1 atom stereocenters. The molecule has 1 aromatic carbocycles.